The van der Waals surface area contributed by atoms with E-state index in [1.807, 2.05) is 24.3 Å². The lowest BCUT2D eigenvalue weighted by molar-refractivity contribution is 0.0951. The number of aromatic nitrogens is 4. The fourth-order valence-electron chi connectivity index (χ4n) is 2.11. The summed E-state index contributed by atoms with van der Waals surface area (Å²) >= 11 is 0. The van der Waals surface area contributed by atoms with Crippen molar-refractivity contribution in [3.8, 4) is 11.4 Å². The van der Waals surface area contributed by atoms with Crippen LogP contribution in [0.15, 0.2) is 54.9 Å². The number of ether oxygens (including phenoxy) is 1. The molecule has 1 aromatic heterocycles. The average molecular weight is 309 g/mol. The number of benzene rings is 2. The van der Waals surface area contributed by atoms with Crippen LogP contribution < -0.4 is 10.1 Å². The van der Waals surface area contributed by atoms with Crippen LogP contribution in [-0.2, 0) is 6.54 Å². The lowest BCUT2D eigenvalue weighted by atomic mass is 10.1. The van der Waals surface area contributed by atoms with Gasteiger partial charge < -0.3 is 10.1 Å². The monoisotopic (exact) mass is 309 g/mol. The van der Waals surface area contributed by atoms with E-state index in [1.165, 1.54) is 11.0 Å². The molecule has 0 spiro atoms. The molecule has 2 aromatic carbocycles. The number of tetrazole rings is 1. The number of hydrogen-bond donors (Lipinski definition) is 1. The second-order valence-electron chi connectivity index (χ2n) is 4.84. The molecule has 23 heavy (non-hydrogen) atoms. The van der Waals surface area contributed by atoms with Gasteiger partial charge in [0.1, 0.15) is 12.1 Å². The normalized spacial score (nSPS) is 10.3. The first kappa shape index (κ1) is 14.7. The molecule has 3 rings (SSSR count). The van der Waals surface area contributed by atoms with Gasteiger partial charge in [-0.1, -0.05) is 12.1 Å². The molecule has 1 amide bonds. The average Bonchev–Trinajstić information content (AvgIpc) is 3.14. The Hall–Kier alpha value is -3.22. The molecule has 1 heterocycles. The van der Waals surface area contributed by atoms with Crippen LogP contribution in [0.5, 0.6) is 5.75 Å². The fraction of sp³-hybridized carbons (Fsp3) is 0.125. The molecule has 1 N–H and O–H groups in total. The van der Waals surface area contributed by atoms with Crippen LogP contribution in [0.4, 0.5) is 0 Å². The van der Waals surface area contributed by atoms with E-state index in [1.54, 1.807) is 31.4 Å². The van der Waals surface area contributed by atoms with E-state index in [4.69, 9.17) is 4.74 Å². The van der Waals surface area contributed by atoms with Crippen molar-refractivity contribution in [1.82, 2.24) is 25.5 Å². The zero-order valence-corrected chi connectivity index (χ0v) is 12.5. The summed E-state index contributed by atoms with van der Waals surface area (Å²) in [6.45, 7) is 0.435. The third-order valence-electron chi connectivity index (χ3n) is 3.33. The number of carbonyl (C=O) groups excluding carboxylic acids is 1. The van der Waals surface area contributed by atoms with Crippen molar-refractivity contribution in [3.63, 3.8) is 0 Å². The minimum Gasteiger partial charge on any atom is -0.497 e. The Morgan fingerprint density at radius 1 is 1.22 bits per heavy atom. The van der Waals surface area contributed by atoms with Crippen molar-refractivity contribution in [2.45, 2.75) is 6.54 Å². The smallest absolute Gasteiger partial charge is 0.251 e. The summed E-state index contributed by atoms with van der Waals surface area (Å²) in [6.07, 6.45) is 1.50. The molecule has 7 nitrogen and oxygen atoms in total. The van der Waals surface area contributed by atoms with E-state index < -0.39 is 0 Å². The number of nitrogens with zero attached hydrogens (tertiary/aromatic N) is 4. The van der Waals surface area contributed by atoms with Crippen molar-refractivity contribution in [3.05, 3.63) is 66.0 Å². The number of methoxy groups -OCH3 is 1. The lowest BCUT2D eigenvalue weighted by Gasteiger charge is -2.07. The van der Waals surface area contributed by atoms with Gasteiger partial charge in [0.2, 0.25) is 0 Å². The molecule has 0 bridgehead atoms. The van der Waals surface area contributed by atoms with Crippen LogP contribution in [-0.4, -0.2) is 33.2 Å². The van der Waals surface area contributed by atoms with E-state index >= 15 is 0 Å². The highest BCUT2D eigenvalue weighted by Crippen LogP contribution is 2.13. The van der Waals surface area contributed by atoms with E-state index in [2.05, 4.69) is 20.8 Å². The van der Waals surface area contributed by atoms with Gasteiger partial charge in [-0.2, -0.15) is 0 Å². The van der Waals surface area contributed by atoms with Crippen LogP contribution in [0, 0.1) is 0 Å². The quantitative estimate of drug-likeness (QED) is 0.774. The highest BCUT2D eigenvalue weighted by molar-refractivity contribution is 5.94. The highest BCUT2D eigenvalue weighted by Gasteiger charge is 2.06. The zero-order chi connectivity index (χ0) is 16.1. The Kier molecular flexibility index (Phi) is 4.28. The van der Waals surface area contributed by atoms with Crippen molar-refractivity contribution < 1.29 is 9.53 Å². The molecule has 0 radical (unpaired) electrons. The van der Waals surface area contributed by atoms with Gasteiger partial charge in [0.05, 0.1) is 12.8 Å². The van der Waals surface area contributed by atoms with Gasteiger partial charge in [0, 0.05) is 12.1 Å². The maximum atomic E-state index is 12.2. The van der Waals surface area contributed by atoms with Crippen LogP contribution in [0.2, 0.25) is 0 Å². The number of rotatable bonds is 5. The number of nitrogens with one attached hydrogen (secondary N) is 1. The SMILES string of the molecule is COc1cccc(CNC(=O)c2ccc(-n3cnnn3)cc2)c1. The molecule has 116 valence electrons. The molecule has 0 saturated carbocycles. The molecule has 3 aromatic rings. The maximum Gasteiger partial charge on any atom is 0.251 e. The number of carbonyl (C=O) groups is 1. The summed E-state index contributed by atoms with van der Waals surface area (Å²) in [5, 5.41) is 13.8. The van der Waals surface area contributed by atoms with E-state index in [0.717, 1.165) is 17.0 Å². The lowest BCUT2D eigenvalue weighted by Crippen LogP contribution is -2.22. The van der Waals surface area contributed by atoms with E-state index in [0.29, 0.717) is 12.1 Å². The first-order chi connectivity index (χ1) is 11.3. The van der Waals surface area contributed by atoms with Gasteiger partial charge in [-0.3, -0.25) is 4.79 Å². The van der Waals surface area contributed by atoms with E-state index in [-0.39, 0.29) is 5.91 Å². The van der Waals surface area contributed by atoms with E-state index in [9.17, 15) is 4.79 Å². The fourth-order valence-corrected chi connectivity index (χ4v) is 2.11. The molecule has 0 fully saturated rings. The molecule has 0 atom stereocenters. The first-order valence-electron chi connectivity index (χ1n) is 7.01. The predicted octanol–water partition coefficient (Wildman–Crippen LogP) is 1.60. The molecular weight excluding hydrogens is 294 g/mol. The molecule has 0 aliphatic carbocycles. The van der Waals surface area contributed by atoms with Crippen LogP contribution in [0.3, 0.4) is 0 Å². The Labute approximate surface area is 132 Å². The Balaban J connectivity index is 1.64. The van der Waals surface area contributed by atoms with Gasteiger partial charge in [-0.15, -0.1) is 5.10 Å². The minimum atomic E-state index is -0.143. The second kappa shape index (κ2) is 6.69. The predicted molar refractivity (Wildman–Crippen MR) is 83.3 cm³/mol. The summed E-state index contributed by atoms with van der Waals surface area (Å²) in [5.74, 6) is 0.624. The topological polar surface area (TPSA) is 81.9 Å². The molecule has 0 saturated heterocycles. The van der Waals surface area contributed by atoms with Crippen molar-refractivity contribution >= 4 is 5.91 Å². The van der Waals surface area contributed by atoms with Gasteiger partial charge in [-0.05, 0) is 52.4 Å². The van der Waals surface area contributed by atoms with Crippen molar-refractivity contribution in [1.29, 1.82) is 0 Å². The molecular formula is C16H15N5O2. The summed E-state index contributed by atoms with van der Waals surface area (Å²) < 4.78 is 6.69. The minimum absolute atomic E-state index is 0.143. The summed E-state index contributed by atoms with van der Waals surface area (Å²) in [4.78, 5) is 12.2. The third-order valence-corrected chi connectivity index (χ3v) is 3.33. The van der Waals surface area contributed by atoms with Gasteiger partial charge >= 0.3 is 0 Å². The Bertz CT molecular complexity index is 784. The standard InChI is InChI=1S/C16H15N5O2/c1-23-15-4-2-3-12(9-15)10-17-16(22)13-5-7-14(8-6-13)21-11-18-19-20-21/h2-9,11H,10H2,1H3,(H,17,22). The summed E-state index contributed by atoms with van der Waals surface area (Å²) in [7, 11) is 1.61. The summed E-state index contributed by atoms with van der Waals surface area (Å²) in [6, 6.07) is 14.6. The van der Waals surface area contributed by atoms with Gasteiger partial charge in [0.15, 0.2) is 0 Å². The Morgan fingerprint density at radius 2 is 2.04 bits per heavy atom. The largest absolute Gasteiger partial charge is 0.497 e. The number of amides is 1. The van der Waals surface area contributed by atoms with Gasteiger partial charge in [-0.25, -0.2) is 4.68 Å². The zero-order valence-electron chi connectivity index (χ0n) is 12.5. The number of hydrogen-bond acceptors (Lipinski definition) is 5. The van der Waals surface area contributed by atoms with Crippen molar-refractivity contribution in [2.24, 2.45) is 0 Å². The van der Waals surface area contributed by atoms with Gasteiger partial charge in [0.25, 0.3) is 5.91 Å². The van der Waals surface area contributed by atoms with Crippen molar-refractivity contribution in [2.75, 3.05) is 7.11 Å². The first-order valence-corrected chi connectivity index (χ1v) is 7.01. The van der Waals surface area contributed by atoms with Crippen LogP contribution >= 0.6 is 0 Å². The molecule has 7 heteroatoms. The molecule has 0 aliphatic heterocycles. The molecule has 0 unspecified atom stereocenters. The molecule has 0 aliphatic rings. The second-order valence-corrected chi connectivity index (χ2v) is 4.84. The van der Waals surface area contributed by atoms with Crippen LogP contribution in [0.25, 0.3) is 5.69 Å². The summed E-state index contributed by atoms with van der Waals surface area (Å²) in [5.41, 5.74) is 2.34. The highest BCUT2D eigenvalue weighted by atomic mass is 16.5. The maximum absolute atomic E-state index is 12.2. The third kappa shape index (κ3) is 3.52. The Morgan fingerprint density at radius 3 is 2.74 bits per heavy atom. The van der Waals surface area contributed by atoms with Crippen LogP contribution in [0.1, 0.15) is 15.9 Å².